The van der Waals surface area contributed by atoms with Gasteiger partial charge in [0.25, 0.3) is 0 Å². The number of aromatic nitrogens is 2. The third-order valence-electron chi connectivity index (χ3n) is 6.79. The number of pyridine rings is 2. The Hall–Kier alpha value is -4.30. The van der Waals surface area contributed by atoms with Gasteiger partial charge in [-0.15, -0.1) is 0 Å². The minimum atomic E-state index is -0.437. The molecular weight excluding hydrogens is 502 g/mol. The van der Waals surface area contributed by atoms with Crippen LogP contribution < -0.4 is 15.5 Å². The van der Waals surface area contributed by atoms with Gasteiger partial charge in [0.1, 0.15) is 35.0 Å². The number of nitrogens with one attached hydrogen (secondary N) is 2. The van der Waals surface area contributed by atoms with Crippen molar-refractivity contribution in [3.8, 4) is 6.07 Å². The van der Waals surface area contributed by atoms with Gasteiger partial charge in [-0.25, -0.2) is 19.6 Å². The van der Waals surface area contributed by atoms with Gasteiger partial charge in [-0.1, -0.05) is 0 Å². The number of fused-ring (bicyclic) bond motifs is 1. The van der Waals surface area contributed by atoms with E-state index in [0.717, 1.165) is 18.4 Å². The Kier molecular flexibility index (Phi) is 8.13. The van der Waals surface area contributed by atoms with E-state index in [-0.39, 0.29) is 18.1 Å². The molecule has 2 amide bonds. The molecule has 5 rings (SSSR count). The van der Waals surface area contributed by atoms with Crippen molar-refractivity contribution in [1.82, 2.24) is 14.9 Å². The Balaban J connectivity index is 1.31. The summed E-state index contributed by atoms with van der Waals surface area (Å²) in [7, 11) is 0. The van der Waals surface area contributed by atoms with Gasteiger partial charge in [-0.05, 0) is 37.3 Å². The SMILES string of the molecule is N#Cc1cnc(NC(=O)N2CCCc3cc(CN4CCOCC4=C=O)c(C=O)nc32)cc1NCCOC1CC1. The van der Waals surface area contributed by atoms with Gasteiger partial charge in [-0.2, -0.15) is 5.26 Å². The van der Waals surface area contributed by atoms with E-state index in [9.17, 15) is 19.6 Å². The number of aldehydes is 1. The maximum Gasteiger partial charge on any atom is 0.328 e. The lowest BCUT2D eigenvalue weighted by atomic mass is 10.0. The number of carbonyl (C=O) groups excluding carboxylic acids is 3. The summed E-state index contributed by atoms with van der Waals surface area (Å²) in [5.74, 6) is 2.61. The summed E-state index contributed by atoms with van der Waals surface area (Å²) in [6, 6.07) is 5.17. The molecule has 0 bridgehead atoms. The zero-order valence-corrected chi connectivity index (χ0v) is 21.4. The molecule has 39 heavy (non-hydrogen) atoms. The van der Waals surface area contributed by atoms with Gasteiger partial charge >= 0.3 is 6.03 Å². The highest BCUT2D eigenvalue weighted by Gasteiger charge is 2.27. The van der Waals surface area contributed by atoms with Crippen LogP contribution in [0.25, 0.3) is 0 Å². The molecule has 2 aliphatic heterocycles. The summed E-state index contributed by atoms with van der Waals surface area (Å²) in [4.78, 5) is 48.7. The first-order chi connectivity index (χ1) is 19.1. The van der Waals surface area contributed by atoms with E-state index in [1.165, 1.54) is 11.1 Å². The number of aryl methyl sites for hydroxylation is 1. The molecule has 0 radical (unpaired) electrons. The van der Waals surface area contributed by atoms with Crippen LogP contribution in [0.4, 0.5) is 22.1 Å². The van der Waals surface area contributed by atoms with E-state index in [2.05, 4.69) is 26.7 Å². The second-order valence-electron chi connectivity index (χ2n) is 9.57. The molecule has 202 valence electrons. The number of morpholine rings is 1. The lowest BCUT2D eigenvalue weighted by Gasteiger charge is -2.31. The van der Waals surface area contributed by atoms with Crippen molar-refractivity contribution in [2.45, 2.75) is 38.3 Å². The monoisotopic (exact) mass is 531 g/mol. The van der Waals surface area contributed by atoms with Crippen LogP contribution in [-0.4, -0.2) is 78.7 Å². The predicted octanol–water partition coefficient (Wildman–Crippen LogP) is 2.28. The predicted molar refractivity (Wildman–Crippen MR) is 141 cm³/mol. The number of amides is 2. The zero-order chi connectivity index (χ0) is 27.2. The fraction of sp³-hybridized carbons (Fsp3) is 0.444. The second kappa shape index (κ2) is 12.0. The standard InChI is InChI=1S/C27H29N7O5/c28-12-20-13-30-25(11-23(20)29-5-8-39-22-3-4-22)32-27(37)34-6-1-2-18-10-19(24(16-36)31-26(18)34)14-33-7-9-38-17-21(33)15-35/h10-11,13,16,22H,1-9,14,17H2,(H2,29,30,32,37). The number of ether oxygens (including phenoxy) is 2. The highest BCUT2D eigenvalue weighted by atomic mass is 16.5. The molecule has 12 nitrogen and oxygen atoms in total. The molecule has 3 aliphatic rings. The molecule has 0 unspecified atom stereocenters. The maximum atomic E-state index is 13.3. The molecule has 1 saturated carbocycles. The van der Waals surface area contributed by atoms with Gasteiger partial charge < -0.3 is 19.7 Å². The van der Waals surface area contributed by atoms with Crippen LogP contribution in [0, 0.1) is 11.3 Å². The summed E-state index contributed by atoms with van der Waals surface area (Å²) in [6.45, 7) is 2.96. The zero-order valence-electron chi connectivity index (χ0n) is 21.4. The van der Waals surface area contributed by atoms with Crippen LogP contribution in [0.3, 0.4) is 0 Å². The van der Waals surface area contributed by atoms with Crippen LogP contribution >= 0.6 is 0 Å². The normalized spacial score (nSPS) is 16.6. The minimum Gasteiger partial charge on any atom is -0.382 e. The summed E-state index contributed by atoms with van der Waals surface area (Å²) in [6.07, 6.45) is 6.01. The van der Waals surface area contributed by atoms with Crippen LogP contribution in [0.15, 0.2) is 24.0 Å². The number of hydrogen-bond donors (Lipinski definition) is 2. The number of nitriles is 1. The molecule has 2 fully saturated rings. The van der Waals surface area contributed by atoms with E-state index in [1.54, 1.807) is 6.07 Å². The van der Waals surface area contributed by atoms with Crippen molar-refractivity contribution in [3.63, 3.8) is 0 Å². The van der Waals surface area contributed by atoms with Crippen molar-refractivity contribution >= 4 is 35.6 Å². The minimum absolute atomic E-state index is 0.182. The van der Waals surface area contributed by atoms with E-state index >= 15 is 0 Å². The van der Waals surface area contributed by atoms with Crippen LogP contribution in [0.2, 0.25) is 0 Å². The van der Waals surface area contributed by atoms with Crippen LogP contribution in [0.1, 0.15) is 46.4 Å². The summed E-state index contributed by atoms with van der Waals surface area (Å²) >= 11 is 0. The summed E-state index contributed by atoms with van der Waals surface area (Å²) < 4.78 is 11.0. The highest BCUT2D eigenvalue weighted by Crippen LogP contribution is 2.29. The van der Waals surface area contributed by atoms with Gasteiger partial charge in [0, 0.05) is 44.0 Å². The Morgan fingerprint density at radius 1 is 1.31 bits per heavy atom. The van der Waals surface area contributed by atoms with Crippen molar-refractivity contribution in [1.29, 1.82) is 5.26 Å². The smallest absolute Gasteiger partial charge is 0.328 e. The molecule has 12 heteroatoms. The van der Waals surface area contributed by atoms with Crippen molar-refractivity contribution in [3.05, 3.63) is 46.4 Å². The summed E-state index contributed by atoms with van der Waals surface area (Å²) in [5.41, 5.74) is 3.04. The third kappa shape index (κ3) is 6.23. The van der Waals surface area contributed by atoms with E-state index in [0.29, 0.717) is 93.0 Å². The molecule has 2 aromatic heterocycles. The number of nitrogens with zero attached hydrogens (tertiary/aromatic N) is 5. The molecule has 1 aliphatic carbocycles. The fourth-order valence-electron chi connectivity index (χ4n) is 4.61. The average Bonchev–Trinajstić information content (AvgIpc) is 3.79. The number of rotatable bonds is 9. The Morgan fingerprint density at radius 3 is 2.95 bits per heavy atom. The first kappa shape index (κ1) is 26.3. The second-order valence-corrected chi connectivity index (χ2v) is 9.57. The number of anilines is 3. The van der Waals surface area contributed by atoms with E-state index in [1.807, 2.05) is 16.9 Å². The number of carbonyl (C=O) groups is 2. The largest absolute Gasteiger partial charge is 0.382 e. The number of urea groups is 1. The van der Waals surface area contributed by atoms with Crippen molar-refractivity contribution in [2.75, 3.05) is 55.0 Å². The third-order valence-corrected chi connectivity index (χ3v) is 6.79. The first-order valence-corrected chi connectivity index (χ1v) is 13.0. The fourth-order valence-corrected chi connectivity index (χ4v) is 4.61. The lowest BCUT2D eigenvalue weighted by molar-refractivity contribution is 0.0718. The molecule has 4 heterocycles. The van der Waals surface area contributed by atoms with E-state index < -0.39 is 6.03 Å². The molecule has 1 saturated heterocycles. The van der Waals surface area contributed by atoms with E-state index in [4.69, 9.17) is 9.47 Å². The molecule has 0 atom stereocenters. The maximum absolute atomic E-state index is 13.3. The number of hydrogen-bond acceptors (Lipinski definition) is 10. The molecule has 0 spiro atoms. The molecular formula is C27H29N7O5. The van der Waals surface area contributed by atoms with Gasteiger partial charge in [0.15, 0.2) is 6.29 Å². The van der Waals surface area contributed by atoms with Gasteiger partial charge in [0.05, 0.1) is 37.2 Å². The Morgan fingerprint density at radius 2 is 2.18 bits per heavy atom. The van der Waals surface area contributed by atoms with Gasteiger partial charge in [0.2, 0.25) is 0 Å². The van der Waals surface area contributed by atoms with Gasteiger partial charge in [-0.3, -0.25) is 15.0 Å². The Bertz CT molecular complexity index is 1350. The quantitative estimate of drug-likeness (QED) is 0.280. The first-order valence-electron chi connectivity index (χ1n) is 13.0. The molecule has 2 N–H and O–H groups in total. The highest BCUT2D eigenvalue weighted by molar-refractivity contribution is 6.01. The van der Waals surface area contributed by atoms with Crippen molar-refractivity contribution in [2.24, 2.45) is 0 Å². The molecule has 0 aromatic carbocycles. The average molecular weight is 532 g/mol. The van der Waals surface area contributed by atoms with Crippen molar-refractivity contribution < 1.29 is 23.9 Å². The lowest BCUT2D eigenvalue weighted by Crippen LogP contribution is -2.40. The summed E-state index contributed by atoms with van der Waals surface area (Å²) in [5, 5.41) is 15.4. The Labute approximate surface area is 225 Å². The van der Waals surface area contributed by atoms with Crippen LogP contribution in [-0.2, 0) is 27.2 Å². The topological polar surface area (TPSA) is 150 Å². The van der Waals surface area contributed by atoms with Crippen LogP contribution in [0.5, 0.6) is 0 Å². The molecule has 2 aromatic rings.